The maximum atomic E-state index is 12.5. The van der Waals surface area contributed by atoms with Gasteiger partial charge in [0.05, 0.1) is 35.0 Å². The number of rotatable bonds is 7. The number of nitrogens with one attached hydrogen (secondary N) is 5. The van der Waals surface area contributed by atoms with Gasteiger partial charge in [-0.2, -0.15) is 0 Å². The highest BCUT2D eigenvalue weighted by atomic mass is 16.4. The number of aromatic carboxylic acids is 1. The summed E-state index contributed by atoms with van der Waals surface area (Å²) in [7, 11) is 0. The molecule has 0 atom stereocenters. The maximum absolute atomic E-state index is 12.5. The van der Waals surface area contributed by atoms with Crippen LogP contribution in [0.25, 0.3) is 22.1 Å². The second-order valence-corrected chi connectivity index (χ2v) is 12.2. The minimum Gasteiger partial charge on any atom is -0.478 e. The van der Waals surface area contributed by atoms with E-state index in [0.717, 1.165) is 40.2 Å². The number of benzene rings is 2. The lowest BCUT2D eigenvalue weighted by Crippen LogP contribution is -2.30. The molecule has 8 rings (SSSR count). The van der Waals surface area contributed by atoms with Crippen molar-refractivity contribution in [3.8, 4) is 0 Å². The monoisotopic (exact) mass is 655 g/mol. The summed E-state index contributed by atoms with van der Waals surface area (Å²) in [6.07, 6.45) is 9.70. The van der Waals surface area contributed by atoms with Crippen molar-refractivity contribution in [2.24, 2.45) is 9.98 Å². The van der Waals surface area contributed by atoms with Crippen molar-refractivity contribution >= 4 is 69.4 Å². The van der Waals surface area contributed by atoms with Gasteiger partial charge in [0.25, 0.3) is 5.91 Å². The molecule has 6 heterocycles. The maximum Gasteiger partial charge on any atom is 0.338 e. The van der Waals surface area contributed by atoms with Crippen LogP contribution in [-0.2, 0) is 13.1 Å². The van der Waals surface area contributed by atoms with Crippen molar-refractivity contribution in [3.05, 3.63) is 93.8 Å². The Morgan fingerprint density at radius 1 is 0.735 bits per heavy atom. The fraction of sp³-hybridized carbons (Fsp3) is 0.200. The molecule has 0 saturated heterocycles. The van der Waals surface area contributed by atoms with E-state index < -0.39 is 5.97 Å². The number of carboxylic acid groups (broad SMARTS) is 1. The first-order chi connectivity index (χ1) is 23.7. The van der Waals surface area contributed by atoms with E-state index in [-0.39, 0.29) is 17.5 Å². The van der Waals surface area contributed by atoms with Crippen LogP contribution in [0.5, 0.6) is 0 Å². The van der Waals surface area contributed by atoms with Crippen molar-refractivity contribution < 1.29 is 14.7 Å². The SMILES string of the molecule is Cc1cc2c(cc1Nc1ncnc3[nH]cc(C(=O)NC(C)C)c13)C=NC2.Cc1cc2c(cc1Nc1ncnc3[nH]cc(C(=O)O)c13)C=NC2. The molecule has 2 aliphatic heterocycles. The Kier molecular flexibility index (Phi) is 8.04. The topological polar surface area (TPSA) is 198 Å². The number of aromatic amines is 2. The molecule has 0 bridgehead atoms. The van der Waals surface area contributed by atoms with Crippen LogP contribution in [0.1, 0.15) is 67.9 Å². The number of hydrogen-bond acceptors (Lipinski definition) is 10. The number of aliphatic imine (C=N–C) groups is 2. The van der Waals surface area contributed by atoms with E-state index in [2.05, 4.69) is 74.0 Å². The molecule has 0 fully saturated rings. The molecule has 2 aliphatic rings. The van der Waals surface area contributed by atoms with E-state index in [4.69, 9.17) is 0 Å². The number of anilines is 4. The highest BCUT2D eigenvalue weighted by Crippen LogP contribution is 2.32. The van der Waals surface area contributed by atoms with Crippen molar-refractivity contribution in [3.63, 3.8) is 0 Å². The van der Waals surface area contributed by atoms with Crippen molar-refractivity contribution in [1.82, 2.24) is 35.2 Å². The second kappa shape index (κ2) is 12.6. The van der Waals surface area contributed by atoms with Crippen LogP contribution in [0, 0.1) is 13.8 Å². The zero-order valence-corrected chi connectivity index (χ0v) is 27.2. The van der Waals surface area contributed by atoms with Gasteiger partial charge in [-0.15, -0.1) is 0 Å². The van der Waals surface area contributed by atoms with Gasteiger partial charge in [0.1, 0.15) is 35.6 Å². The average molecular weight is 656 g/mol. The molecule has 0 saturated carbocycles. The standard InChI is InChI=1S/C19H20N6O.C16H13N5O2/c1-10(2)24-19(26)14-8-21-17-16(14)18(23-9-22-17)25-15-5-13-7-20-6-12(13)4-11(15)3;1-8-2-9-4-17-5-10(9)3-12(8)21-15-13-11(16(22)23)6-18-14(13)19-7-20-15/h4-5,7-10H,6H2,1-3H3,(H,24,26)(H2,21,22,23,25);2-3,5-7H,4H2,1H3,(H,22,23)(H2,18,19,20,21). The number of carbonyl (C=O) groups excluding carboxylic acids is 1. The minimum absolute atomic E-state index is 0.0479. The summed E-state index contributed by atoms with van der Waals surface area (Å²) in [5, 5.41) is 20.0. The molecule has 49 heavy (non-hydrogen) atoms. The minimum atomic E-state index is -1.02. The Bertz CT molecular complexity index is 2340. The normalized spacial score (nSPS) is 12.6. The summed E-state index contributed by atoms with van der Waals surface area (Å²) in [5.74, 6) is -0.108. The van der Waals surface area contributed by atoms with Crippen LogP contribution in [-0.4, -0.2) is 65.4 Å². The fourth-order valence-electron chi connectivity index (χ4n) is 5.90. The lowest BCUT2D eigenvalue weighted by molar-refractivity contribution is 0.0698. The Morgan fingerprint density at radius 2 is 1.22 bits per heavy atom. The van der Waals surface area contributed by atoms with Gasteiger partial charge < -0.3 is 31.0 Å². The molecule has 0 radical (unpaired) electrons. The molecule has 14 heteroatoms. The van der Waals surface area contributed by atoms with Gasteiger partial charge in [-0.25, -0.2) is 24.7 Å². The number of nitrogens with zero attached hydrogens (tertiary/aromatic N) is 6. The largest absolute Gasteiger partial charge is 0.478 e. The smallest absolute Gasteiger partial charge is 0.338 e. The molecule has 0 aliphatic carbocycles. The number of amides is 1. The Morgan fingerprint density at radius 3 is 1.71 bits per heavy atom. The average Bonchev–Trinajstić information content (AvgIpc) is 3.88. The highest BCUT2D eigenvalue weighted by molar-refractivity contribution is 6.10. The number of carboxylic acids is 1. The molecule has 6 aromatic rings. The third-order valence-electron chi connectivity index (χ3n) is 8.30. The molecule has 6 N–H and O–H groups in total. The van der Waals surface area contributed by atoms with Gasteiger partial charge >= 0.3 is 5.97 Å². The van der Waals surface area contributed by atoms with Crippen molar-refractivity contribution in [2.45, 2.75) is 46.8 Å². The number of carbonyl (C=O) groups is 2. The first-order valence-electron chi connectivity index (χ1n) is 15.6. The van der Waals surface area contributed by atoms with E-state index in [0.29, 0.717) is 45.8 Å². The number of fused-ring (bicyclic) bond motifs is 4. The molecular formula is C35H33N11O3. The zero-order chi connectivity index (χ0) is 34.2. The van der Waals surface area contributed by atoms with Crippen molar-refractivity contribution in [2.75, 3.05) is 10.6 Å². The van der Waals surface area contributed by atoms with E-state index in [1.54, 1.807) is 6.20 Å². The van der Waals surface area contributed by atoms with Crippen LogP contribution in [0.3, 0.4) is 0 Å². The van der Waals surface area contributed by atoms with Crippen LogP contribution < -0.4 is 16.0 Å². The summed E-state index contributed by atoms with van der Waals surface area (Å²) in [6, 6.07) is 8.33. The first-order valence-corrected chi connectivity index (χ1v) is 15.6. The third-order valence-corrected chi connectivity index (χ3v) is 8.30. The van der Waals surface area contributed by atoms with Gasteiger partial charge in [0.15, 0.2) is 0 Å². The molecular weight excluding hydrogens is 622 g/mol. The molecule has 0 spiro atoms. The van der Waals surface area contributed by atoms with E-state index in [9.17, 15) is 14.7 Å². The van der Waals surface area contributed by atoms with Gasteiger partial charge in [-0.3, -0.25) is 14.8 Å². The Labute approximate surface area is 280 Å². The molecule has 2 aromatic carbocycles. The lowest BCUT2D eigenvalue weighted by Gasteiger charge is -2.13. The molecule has 1 amide bonds. The zero-order valence-electron chi connectivity index (χ0n) is 27.2. The van der Waals surface area contributed by atoms with E-state index >= 15 is 0 Å². The highest BCUT2D eigenvalue weighted by Gasteiger charge is 2.20. The number of hydrogen-bond donors (Lipinski definition) is 6. The number of aromatic nitrogens is 6. The van der Waals surface area contributed by atoms with Crippen LogP contribution in [0.4, 0.5) is 23.0 Å². The molecule has 4 aromatic heterocycles. The van der Waals surface area contributed by atoms with Gasteiger partial charge in [0.2, 0.25) is 0 Å². The quantitative estimate of drug-likeness (QED) is 0.124. The summed E-state index contributed by atoms with van der Waals surface area (Å²) in [6.45, 7) is 9.33. The lowest BCUT2D eigenvalue weighted by atomic mass is 10.0. The summed E-state index contributed by atoms with van der Waals surface area (Å²) in [5.41, 5.74) is 10.3. The second-order valence-electron chi connectivity index (χ2n) is 12.2. The summed E-state index contributed by atoms with van der Waals surface area (Å²) < 4.78 is 0. The van der Waals surface area contributed by atoms with Gasteiger partial charge in [0, 0.05) is 42.2 Å². The van der Waals surface area contributed by atoms with Crippen LogP contribution in [0.15, 0.2) is 59.3 Å². The summed E-state index contributed by atoms with van der Waals surface area (Å²) >= 11 is 0. The van der Waals surface area contributed by atoms with Crippen LogP contribution >= 0.6 is 0 Å². The molecule has 246 valence electrons. The fourth-order valence-corrected chi connectivity index (χ4v) is 5.90. The number of H-pyrrole nitrogens is 2. The molecule has 14 nitrogen and oxygen atoms in total. The van der Waals surface area contributed by atoms with E-state index in [1.807, 2.05) is 46.2 Å². The number of aryl methyl sites for hydroxylation is 2. The molecule has 0 unspecified atom stereocenters. The first kappa shape index (κ1) is 31.2. The van der Waals surface area contributed by atoms with E-state index in [1.165, 1.54) is 30.0 Å². The van der Waals surface area contributed by atoms with Crippen LogP contribution in [0.2, 0.25) is 0 Å². The van der Waals surface area contributed by atoms with Crippen molar-refractivity contribution in [1.29, 1.82) is 0 Å². The Balaban J connectivity index is 0.000000155. The summed E-state index contributed by atoms with van der Waals surface area (Å²) in [4.78, 5) is 55.3. The predicted octanol–water partition coefficient (Wildman–Crippen LogP) is 5.72. The van der Waals surface area contributed by atoms with Gasteiger partial charge in [-0.1, -0.05) is 12.1 Å². The third kappa shape index (κ3) is 6.06. The van der Waals surface area contributed by atoms with Gasteiger partial charge in [-0.05, 0) is 73.2 Å². The Hall–Kier alpha value is -6.44. The predicted molar refractivity (Wildman–Crippen MR) is 189 cm³/mol.